The molecule has 0 aromatic rings. The zero-order chi connectivity index (χ0) is 11.9. The Hall–Kier alpha value is -0.157. The van der Waals surface area contributed by atoms with E-state index in [9.17, 15) is 0 Å². The quantitative estimate of drug-likeness (QED) is 0.699. The van der Waals surface area contributed by atoms with Gasteiger partial charge >= 0.3 is 111 Å². The maximum atomic E-state index is 2.40. The molecule has 84 valence electrons. The average Bonchev–Trinajstić information content (AvgIpc) is 2.78. The molecule has 2 rings (SSSR count). The molecule has 0 fully saturated rings. The molecule has 0 nitrogen and oxygen atoms in total. The Bertz CT molecular complexity index is 442. The van der Waals surface area contributed by atoms with Crippen molar-refractivity contribution in [3.8, 4) is 0 Å². The van der Waals surface area contributed by atoms with Crippen LogP contribution >= 0.6 is 0 Å². The fourth-order valence-corrected chi connectivity index (χ4v) is 6.47. The van der Waals surface area contributed by atoms with Gasteiger partial charge in [-0.3, -0.25) is 0 Å². The van der Waals surface area contributed by atoms with E-state index in [4.69, 9.17) is 0 Å². The second kappa shape index (κ2) is 4.26. The van der Waals surface area contributed by atoms with Crippen molar-refractivity contribution in [3.63, 3.8) is 0 Å². The van der Waals surface area contributed by atoms with E-state index in [1.54, 1.807) is 23.3 Å². The Morgan fingerprint density at radius 1 is 1.12 bits per heavy atom. The van der Waals surface area contributed by atoms with Crippen LogP contribution in [0.4, 0.5) is 0 Å². The molecule has 0 unspecified atom stereocenters. The molecule has 0 N–H and O–H groups in total. The van der Waals surface area contributed by atoms with Crippen LogP contribution in [0.5, 0.6) is 0 Å². The summed E-state index contributed by atoms with van der Waals surface area (Å²) in [6, 6.07) is 0. The summed E-state index contributed by atoms with van der Waals surface area (Å²) in [6.45, 7) is 11.7. The van der Waals surface area contributed by atoms with Gasteiger partial charge in [0.15, 0.2) is 0 Å². The van der Waals surface area contributed by atoms with E-state index in [1.807, 2.05) is 0 Å². The van der Waals surface area contributed by atoms with E-state index >= 15 is 0 Å². The van der Waals surface area contributed by atoms with Crippen molar-refractivity contribution in [2.75, 3.05) is 0 Å². The summed E-state index contributed by atoms with van der Waals surface area (Å²) < 4.78 is 3.52. The molecule has 0 aliphatic heterocycles. The average molecular weight is 292 g/mol. The minimum atomic E-state index is -0.521. The maximum absolute atomic E-state index is 2.40. The van der Waals surface area contributed by atoms with Crippen molar-refractivity contribution in [2.45, 2.75) is 41.0 Å². The van der Waals surface area contributed by atoms with Gasteiger partial charge in [-0.05, 0) is 0 Å². The Balaban J connectivity index is 2.29. The Morgan fingerprint density at radius 3 is 2.25 bits per heavy atom. The van der Waals surface area contributed by atoms with E-state index in [0.29, 0.717) is 5.41 Å². The second-order valence-electron chi connectivity index (χ2n) is 5.32. The number of hydrogen-bond acceptors (Lipinski definition) is 0. The summed E-state index contributed by atoms with van der Waals surface area (Å²) >= 11 is -0.521. The van der Waals surface area contributed by atoms with Gasteiger partial charge < -0.3 is 0 Å². The van der Waals surface area contributed by atoms with Crippen LogP contribution in [-0.4, -0.2) is 0 Å². The third-order valence-corrected chi connectivity index (χ3v) is 8.89. The van der Waals surface area contributed by atoms with Crippen molar-refractivity contribution in [3.05, 3.63) is 41.5 Å². The summed E-state index contributed by atoms with van der Waals surface area (Å²) in [5.74, 6) is 0. The van der Waals surface area contributed by atoms with E-state index in [1.165, 1.54) is 6.42 Å². The summed E-state index contributed by atoms with van der Waals surface area (Å²) in [5.41, 5.74) is 5.07. The van der Waals surface area contributed by atoms with Gasteiger partial charge in [-0.2, -0.15) is 0 Å². The SMILES string of the molecule is CC1=C(C)C(C)(C)[C]([Zr][C]2=CC=CC2)=C1C. The van der Waals surface area contributed by atoms with E-state index < -0.39 is 23.2 Å². The van der Waals surface area contributed by atoms with Gasteiger partial charge in [-0.1, -0.05) is 0 Å². The van der Waals surface area contributed by atoms with Crippen molar-refractivity contribution in [2.24, 2.45) is 5.41 Å². The molecule has 2 aliphatic carbocycles. The first-order valence-corrected chi connectivity index (χ1v) is 8.43. The first-order valence-electron chi connectivity index (χ1n) is 5.97. The van der Waals surface area contributed by atoms with Crippen LogP contribution in [0.2, 0.25) is 0 Å². The molecule has 0 bridgehead atoms. The molecule has 0 radical (unpaired) electrons. The fourth-order valence-electron chi connectivity index (χ4n) is 2.54. The van der Waals surface area contributed by atoms with Gasteiger partial charge in [-0.25, -0.2) is 0 Å². The molecule has 16 heavy (non-hydrogen) atoms. The molecule has 0 heterocycles. The van der Waals surface area contributed by atoms with E-state index in [0.717, 1.165) is 0 Å². The number of hydrogen-bond donors (Lipinski definition) is 0. The van der Waals surface area contributed by atoms with Crippen LogP contribution in [0.25, 0.3) is 0 Å². The summed E-state index contributed by atoms with van der Waals surface area (Å²) in [6.07, 6.45) is 8.09. The Kier molecular flexibility index (Phi) is 3.28. The zero-order valence-electron chi connectivity index (χ0n) is 10.9. The normalized spacial score (nSPS) is 23.2. The van der Waals surface area contributed by atoms with Crippen molar-refractivity contribution >= 4 is 0 Å². The summed E-state index contributed by atoms with van der Waals surface area (Å²) in [7, 11) is 0. The van der Waals surface area contributed by atoms with Crippen molar-refractivity contribution in [1.29, 1.82) is 0 Å². The summed E-state index contributed by atoms with van der Waals surface area (Å²) in [5, 5.41) is 0. The van der Waals surface area contributed by atoms with Crippen LogP contribution < -0.4 is 0 Å². The predicted molar refractivity (Wildman–Crippen MR) is 66.7 cm³/mol. The van der Waals surface area contributed by atoms with Crippen LogP contribution in [0, 0.1) is 5.41 Å². The molecule has 2 aliphatic rings. The molecular formula is C15H20Zr. The molecule has 0 aromatic carbocycles. The van der Waals surface area contributed by atoms with Gasteiger partial charge in [0.05, 0.1) is 0 Å². The topological polar surface area (TPSA) is 0 Å². The molecular weight excluding hydrogens is 271 g/mol. The van der Waals surface area contributed by atoms with Gasteiger partial charge in [0.2, 0.25) is 0 Å². The third kappa shape index (κ3) is 1.88. The van der Waals surface area contributed by atoms with Crippen LogP contribution in [0.3, 0.4) is 0 Å². The van der Waals surface area contributed by atoms with Crippen LogP contribution in [0.15, 0.2) is 41.5 Å². The Morgan fingerprint density at radius 2 is 1.81 bits per heavy atom. The first-order chi connectivity index (χ1) is 7.44. The molecule has 0 saturated carbocycles. The zero-order valence-corrected chi connectivity index (χ0v) is 13.4. The molecule has 0 saturated heterocycles. The fraction of sp³-hybridized carbons (Fsp3) is 0.467. The van der Waals surface area contributed by atoms with Gasteiger partial charge in [0.1, 0.15) is 0 Å². The van der Waals surface area contributed by atoms with Gasteiger partial charge in [0, 0.05) is 0 Å². The predicted octanol–water partition coefficient (Wildman–Crippen LogP) is 4.56. The van der Waals surface area contributed by atoms with Crippen molar-refractivity contribution in [1.82, 2.24) is 0 Å². The van der Waals surface area contributed by atoms with Crippen molar-refractivity contribution < 1.29 is 23.2 Å². The molecule has 0 spiro atoms. The minimum absolute atomic E-state index is 0.337. The third-order valence-electron chi connectivity index (χ3n) is 4.12. The molecule has 0 amide bonds. The first kappa shape index (κ1) is 12.3. The standard InChI is InChI=1S/C10H15.C5H5.Zr/c1-7-6-10(4,5)9(3)8(7)2;1-2-4-5-3-1;/h1-5H3;1-3H,4H2;. The van der Waals surface area contributed by atoms with E-state index in [2.05, 4.69) is 52.8 Å². The molecule has 0 atom stereocenters. The number of rotatable bonds is 2. The molecule has 0 aromatic heterocycles. The van der Waals surface area contributed by atoms with E-state index in [-0.39, 0.29) is 0 Å². The molecule has 1 heteroatoms. The van der Waals surface area contributed by atoms with Gasteiger partial charge in [0.25, 0.3) is 0 Å². The summed E-state index contributed by atoms with van der Waals surface area (Å²) in [4.78, 5) is 0. The second-order valence-corrected chi connectivity index (χ2v) is 8.75. The Labute approximate surface area is 111 Å². The van der Waals surface area contributed by atoms with Crippen LogP contribution in [0.1, 0.15) is 41.0 Å². The number of allylic oxidation sites excluding steroid dienone is 8. The monoisotopic (exact) mass is 290 g/mol. The van der Waals surface area contributed by atoms with Crippen LogP contribution in [-0.2, 0) is 23.2 Å². The van der Waals surface area contributed by atoms with Gasteiger partial charge in [-0.15, -0.1) is 0 Å².